The molecular weight excluding hydrogens is 327 g/mol. The average molecular weight is 347 g/mol. The first-order valence-corrected chi connectivity index (χ1v) is 8.58. The number of fused-ring (bicyclic) bond motifs is 3. The summed E-state index contributed by atoms with van der Waals surface area (Å²) < 4.78 is 46.1. The maximum atomic E-state index is 13.6. The van der Waals surface area contributed by atoms with Gasteiger partial charge < -0.3 is 10.1 Å². The van der Waals surface area contributed by atoms with Crippen LogP contribution >= 0.6 is 0 Å². The van der Waals surface area contributed by atoms with Gasteiger partial charge in [0.1, 0.15) is 5.75 Å². The van der Waals surface area contributed by atoms with Gasteiger partial charge in [0, 0.05) is 12.0 Å². The molecule has 2 aromatic carbocycles. The first kappa shape index (κ1) is 16.5. The first-order chi connectivity index (χ1) is 12.0. The number of nitrogens with one attached hydrogen (secondary N) is 1. The zero-order chi connectivity index (χ0) is 17.6. The highest BCUT2D eigenvalue weighted by Crippen LogP contribution is 2.54. The number of ether oxygens (including phenoxy) is 1. The number of alkyl halides is 3. The molecule has 0 amide bonds. The summed E-state index contributed by atoms with van der Waals surface area (Å²) >= 11 is 0. The second-order valence-electron chi connectivity index (χ2n) is 6.80. The molecule has 1 aliphatic carbocycles. The Bertz CT molecular complexity index is 787. The number of methoxy groups -OCH3 is 1. The largest absolute Gasteiger partial charge is 0.497 e. The van der Waals surface area contributed by atoms with Crippen LogP contribution in [0, 0.1) is 5.92 Å². The second kappa shape index (κ2) is 6.06. The lowest BCUT2D eigenvalue weighted by Gasteiger charge is -2.32. The van der Waals surface area contributed by atoms with E-state index in [1.165, 1.54) is 12.1 Å². The third kappa shape index (κ3) is 2.71. The number of hydrogen-bond acceptors (Lipinski definition) is 2. The van der Waals surface area contributed by atoms with Crippen LogP contribution in [0.15, 0.2) is 42.5 Å². The van der Waals surface area contributed by atoms with Crippen LogP contribution in [0.5, 0.6) is 5.75 Å². The highest BCUT2D eigenvalue weighted by Gasteiger charge is 2.45. The van der Waals surface area contributed by atoms with Gasteiger partial charge in [0.2, 0.25) is 0 Å². The smallest absolute Gasteiger partial charge is 0.416 e. The molecule has 1 N–H and O–H groups in total. The van der Waals surface area contributed by atoms with Gasteiger partial charge in [0.15, 0.2) is 0 Å². The Morgan fingerprint density at radius 3 is 2.60 bits per heavy atom. The van der Waals surface area contributed by atoms with E-state index in [1.54, 1.807) is 19.2 Å². The summed E-state index contributed by atoms with van der Waals surface area (Å²) in [5.74, 6) is 0.644. The maximum absolute atomic E-state index is 13.6. The molecule has 0 spiro atoms. The molecule has 0 saturated carbocycles. The van der Waals surface area contributed by atoms with Crippen molar-refractivity contribution < 1.29 is 17.9 Å². The van der Waals surface area contributed by atoms with E-state index in [2.05, 4.69) is 5.32 Å². The van der Waals surface area contributed by atoms with Crippen molar-refractivity contribution in [2.75, 3.05) is 13.7 Å². The van der Waals surface area contributed by atoms with Crippen LogP contribution in [-0.4, -0.2) is 13.7 Å². The Hall–Kier alpha value is -2.01. The molecule has 132 valence electrons. The van der Waals surface area contributed by atoms with Gasteiger partial charge in [-0.2, -0.15) is 13.2 Å². The van der Waals surface area contributed by atoms with Crippen LogP contribution in [0.25, 0.3) is 0 Å². The van der Waals surface area contributed by atoms with E-state index in [0.29, 0.717) is 5.56 Å². The van der Waals surface area contributed by atoms with Gasteiger partial charge in [-0.25, -0.2) is 0 Å². The summed E-state index contributed by atoms with van der Waals surface area (Å²) in [5, 5.41) is 3.51. The van der Waals surface area contributed by atoms with E-state index in [-0.39, 0.29) is 17.9 Å². The first-order valence-electron chi connectivity index (χ1n) is 8.58. The SMILES string of the molecule is COc1ccc2c(c1)C1NCCCC1C2c1ccccc1C(F)(F)F. The monoisotopic (exact) mass is 347 g/mol. The molecule has 3 unspecified atom stereocenters. The molecule has 1 heterocycles. The fourth-order valence-electron chi connectivity index (χ4n) is 4.50. The molecule has 0 bridgehead atoms. The standard InChI is InChI=1S/C20H20F3NO/c1-25-12-8-9-13-16(11-12)19-15(6-4-10-24-19)18(13)14-5-2-3-7-17(14)20(21,22)23/h2-3,5,7-9,11,15,18-19,24H,4,6,10H2,1H3. The van der Waals surface area contributed by atoms with Crippen molar-refractivity contribution in [1.29, 1.82) is 0 Å². The highest BCUT2D eigenvalue weighted by molar-refractivity contribution is 5.51. The third-order valence-electron chi connectivity index (χ3n) is 5.50. The molecule has 1 saturated heterocycles. The molecule has 1 fully saturated rings. The van der Waals surface area contributed by atoms with Crippen molar-refractivity contribution in [3.05, 3.63) is 64.7 Å². The predicted octanol–water partition coefficient (Wildman–Crippen LogP) is 4.90. The molecule has 5 heteroatoms. The van der Waals surface area contributed by atoms with E-state index in [0.717, 1.165) is 36.3 Å². The molecule has 4 rings (SSSR count). The molecule has 2 aliphatic rings. The Kier molecular flexibility index (Phi) is 3.99. The lowest BCUT2D eigenvalue weighted by molar-refractivity contribution is -0.138. The van der Waals surface area contributed by atoms with E-state index >= 15 is 0 Å². The van der Waals surface area contributed by atoms with Gasteiger partial charge in [-0.15, -0.1) is 0 Å². The van der Waals surface area contributed by atoms with Gasteiger partial charge in [-0.05, 0) is 60.2 Å². The summed E-state index contributed by atoms with van der Waals surface area (Å²) in [6.07, 6.45) is -2.44. The van der Waals surface area contributed by atoms with Gasteiger partial charge in [0.05, 0.1) is 12.7 Å². The summed E-state index contributed by atoms with van der Waals surface area (Å²) in [6, 6.07) is 11.8. The van der Waals surface area contributed by atoms with E-state index < -0.39 is 11.7 Å². The van der Waals surface area contributed by atoms with Gasteiger partial charge in [0.25, 0.3) is 0 Å². The quantitative estimate of drug-likeness (QED) is 0.834. The fraction of sp³-hybridized carbons (Fsp3) is 0.400. The zero-order valence-corrected chi connectivity index (χ0v) is 13.9. The van der Waals surface area contributed by atoms with Crippen molar-refractivity contribution in [1.82, 2.24) is 5.32 Å². The van der Waals surface area contributed by atoms with Crippen LogP contribution in [0.1, 0.15) is 47.1 Å². The summed E-state index contributed by atoms with van der Waals surface area (Å²) in [7, 11) is 1.61. The molecular formula is C20H20F3NO. The van der Waals surface area contributed by atoms with Crippen LogP contribution in [-0.2, 0) is 6.18 Å². The van der Waals surface area contributed by atoms with Crippen molar-refractivity contribution >= 4 is 0 Å². The number of halogens is 3. The van der Waals surface area contributed by atoms with Crippen molar-refractivity contribution in [2.45, 2.75) is 31.0 Å². The molecule has 0 radical (unpaired) electrons. The highest BCUT2D eigenvalue weighted by atomic mass is 19.4. The minimum Gasteiger partial charge on any atom is -0.497 e. The Morgan fingerprint density at radius 2 is 1.84 bits per heavy atom. The Morgan fingerprint density at radius 1 is 1.04 bits per heavy atom. The van der Waals surface area contributed by atoms with Crippen LogP contribution in [0.4, 0.5) is 13.2 Å². The van der Waals surface area contributed by atoms with E-state index in [1.807, 2.05) is 18.2 Å². The minimum absolute atomic E-state index is 0.0881. The average Bonchev–Trinajstić information content (AvgIpc) is 2.94. The number of benzene rings is 2. The molecule has 2 aromatic rings. The fourth-order valence-corrected chi connectivity index (χ4v) is 4.50. The minimum atomic E-state index is -4.34. The predicted molar refractivity (Wildman–Crippen MR) is 89.7 cm³/mol. The molecule has 3 atom stereocenters. The normalized spacial score (nSPS) is 25.4. The molecule has 25 heavy (non-hydrogen) atoms. The molecule has 2 nitrogen and oxygen atoms in total. The number of hydrogen-bond donors (Lipinski definition) is 1. The Balaban J connectivity index is 1.88. The molecule has 0 aromatic heterocycles. The van der Waals surface area contributed by atoms with Crippen LogP contribution in [0.3, 0.4) is 0 Å². The topological polar surface area (TPSA) is 21.3 Å². The second-order valence-corrected chi connectivity index (χ2v) is 6.80. The molecule has 1 aliphatic heterocycles. The summed E-state index contributed by atoms with van der Waals surface area (Å²) in [5.41, 5.74) is 1.93. The lowest BCUT2D eigenvalue weighted by atomic mass is 9.79. The summed E-state index contributed by atoms with van der Waals surface area (Å²) in [6.45, 7) is 0.894. The lowest BCUT2D eigenvalue weighted by Crippen LogP contribution is -2.33. The van der Waals surface area contributed by atoms with Crippen LogP contribution < -0.4 is 10.1 Å². The van der Waals surface area contributed by atoms with Crippen molar-refractivity contribution in [3.8, 4) is 5.75 Å². The van der Waals surface area contributed by atoms with Crippen molar-refractivity contribution in [3.63, 3.8) is 0 Å². The third-order valence-corrected chi connectivity index (χ3v) is 5.50. The van der Waals surface area contributed by atoms with Gasteiger partial charge in [-0.3, -0.25) is 0 Å². The Labute approximate surface area is 145 Å². The maximum Gasteiger partial charge on any atom is 0.416 e. The van der Waals surface area contributed by atoms with E-state index in [4.69, 9.17) is 4.74 Å². The van der Waals surface area contributed by atoms with Gasteiger partial charge in [-0.1, -0.05) is 24.3 Å². The van der Waals surface area contributed by atoms with E-state index in [9.17, 15) is 13.2 Å². The number of piperidine rings is 1. The summed E-state index contributed by atoms with van der Waals surface area (Å²) in [4.78, 5) is 0. The number of rotatable bonds is 2. The zero-order valence-electron chi connectivity index (χ0n) is 13.9. The van der Waals surface area contributed by atoms with Crippen LogP contribution in [0.2, 0.25) is 0 Å². The van der Waals surface area contributed by atoms with Gasteiger partial charge >= 0.3 is 6.18 Å². The van der Waals surface area contributed by atoms with Crippen molar-refractivity contribution in [2.24, 2.45) is 5.92 Å².